The zero-order valence-electron chi connectivity index (χ0n) is 15.0. The van der Waals surface area contributed by atoms with Gasteiger partial charge in [0, 0.05) is 19.0 Å². The topological polar surface area (TPSA) is 64.0 Å². The molecule has 2 rings (SSSR count). The van der Waals surface area contributed by atoms with Crippen LogP contribution >= 0.6 is 0 Å². The van der Waals surface area contributed by atoms with Crippen LogP contribution in [-0.2, 0) is 11.3 Å². The molecule has 130 valence electrons. The van der Waals surface area contributed by atoms with E-state index in [4.69, 9.17) is 0 Å². The highest BCUT2D eigenvalue weighted by Gasteiger charge is 2.10. The Labute approximate surface area is 143 Å². The molecule has 1 heterocycles. The molecule has 0 saturated carbocycles. The second-order valence-electron chi connectivity index (χ2n) is 6.90. The lowest BCUT2D eigenvalue weighted by Gasteiger charge is -2.15. The summed E-state index contributed by atoms with van der Waals surface area (Å²) in [5, 5.41) is 3.60. The Bertz CT molecular complexity index is 765. The lowest BCUT2D eigenvalue weighted by Crippen LogP contribution is -2.34. The molecule has 1 aromatic heterocycles. The fourth-order valence-corrected chi connectivity index (χ4v) is 2.72. The van der Waals surface area contributed by atoms with E-state index < -0.39 is 0 Å². The molecule has 0 saturated heterocycles. The molecule has 0 bridgehead atoms. The molecular formula is C19H27N3O2. The number of rotatable bonds is 7. The molecule has 0 aliphatic rings. The first-order valence-electron chi connectivity index (χ1n) is 8.62. The molecule has 1 N–H and O–H groups in total. The number of hydrogen-bond donors (Lipinski definition) is 1. The van der Waals surface area contributed by atoms with Crippen LogP contribution in [0.4, 0.5) is 0 Å². The quantitative estimate of drug-likeness (QED) is 0.849. The maximum atomic E-state index is 12.5. The van der Waals surface area contributed by atoms with Crippen molar-refractivity contribution in [3.8, 4) is 0 Å². The van der Waals surface area contributed by atoms with Crippen LogP contribution < -0.4 is 10.9 Å². The molecular weight excluding hydrogens is 302 g/mol. The maximum Gasteiger partial charge on any atom is 0.261 e. The summed E-state index contributed by atoms with van der Waals surface area (Å²) in [6.07, 6.45) is 3.88. The number of carbonyl (C=O) groups excluding carboxylic acids is 1. The van der Waals surface area contributed by atoms with E-state index in [2.05, 4.69) is 24.1 Å². The number of benzene rings is 1. The van der Waals surface area contributed by atoms with Crippen LogP contribution in [-0.4, -0.2) is 21.5 Å². The summed E-state index contributed by atoms with van der Waals surface area (Å²) >= 11 is 0. The summed E-state index contributed by atoms with van der Waals surface area (Å²) in [5.74, 6) is 0.609. The van der Waals surface area contributed by atoms with Crippen molar-refractivity contribution in [2.75, 3.05) is 0 Å². The fourth-order valence-electron chi connectivity index (χ4n) is 2.72. The molecule has 0 radical (unpaired) electrons. The van der Waals surface area contributed by atoms with E-state index in [-0.39, 0.29) is 23.9 Å². The van der Waals surface area contributed by atoms with E-state index in [0.29, 0.717) is 17.8 Å². The summed E-state index contributed by atoms with van der Waals surface area (Å²) in [5.41, 5.74) is 1.61. The van der Waals surface area contributed by atoms with E-state index in [1.807, 2.05) is 26.0 Å². The second-order valence-corrected chi connectivity index (χ2v) is 6.90. The van der Waals surface area contributed by atoms with Gasteiger partial charge in [0.2, 0.25) is 5.91 Å². The molecule has 0 unspecified atom stereocenters. The number of aryl methyl sites for hydroxylation is 2. The third-order valence-corrected chi connectivity index (χ3v) is 4.22. The maximum absolute atomic E-state index is 12.5. The number of para-hydroxylation sites is 1. The summed E-state index contributed by atoms with van der Waals surface area (Å²) in [7, 11) is 0. The number of fused-ring (bicyclic) bond motifs is 1. The highest BCUT2D eigenvalue weighted by Crippen LogP contribution is 2.11. The summed E-state index contributed by atoms with van der Waals surface area (Å²) in [6, 6.07) is 5.73. The van der Waals surface area contributed by atoms with Crippen LogP contribution in [0.1, 0.15) is 45.6 Å². The van der Waals surface area contributed by atoms with Gasteiger partial charge in [0.1, 0.15) is 0 Å². The molecule has 1 aromatic carbocycles. The van der Waals surface area contributed by atoms with Crippen LogP contribution in [0, 0.1) is 12.8 Å². The van der Waals surface area contributed by atoms with Crippen molar-refractivity contribution in [3.63, 3.8) is 0 Å². The van der Waals surface area contributed by atoms with Crippen molar-refractivity contribution in [2.45, 2.75) is 59.5 Å². The molecule has 0 aliphatic heterocycles. The third kappa shape index (κ3) is 4.66. The lowest BCUT2D eigenvalue weighted by molar-refractivity contribution is -0.122. The van der Waals surface area contributed by atoms with E-state index in [1.54, 1.807) is 6.07 Å². The fraction of sp³-hybridized carbons (Fsp3) is 0.526. The standard InChI is InChI=1S/C19H27N3O2/c1-13(2)8-9-15(4)21-17(23)10-11-22-12-20-18-14(3)6-5-7-16(18)19(22)24/h5-7,12-13,15H,8-11H2,1-4H3,(H,21,23)/t15-/m0/s1. The monoisotopic (exact) mass is 329 g/mol. The minimum atomic E-state index is -0.0932. The van der Waals surface area contributed by atoms with Gasteiger partial charge in [-0.1, -0.05) is 26.0 Å². The van der Waals surface area contributed by atoms with Gasteiger partial charge < -0.3 is 5.32 Å². The summed E-state index contributed by atoms with van der Waals surface area (Å²) < 4.78 is 1.51. The van der Waals surface area contributed by atoms with Crippen molar-refractivity contribution in [1.29, 1.82) is 0 Å². The van der Waals surface area contributed by atoms with Crippen LogP contribution in [0.15, 0.2) is 29.3 Å². The predicted molar refractivity (Wildman–Crippen MR) is 97.0 cm³/mol. The van der Waals surface area contributed by atoms with Crippen LogP contribution in [0.25, 0.3) is 10.9 Å². The van der Waals surface area contributed by atoms with Gasteiger partial charge >= 0.3 is 0 Å². The molecule has 0 fully saturated rings. The van der Waals surface area contributed by atoms with Crippen molar-refractivity contribution in [2.24, 2.45) is 5.92 Å². The second kappa shape index (κ2) is 8.08. The van der Waals surface area contributed by atoms with E-state index in [9.17, 15) is 9.59 Å². The van der Waals surface area contributed by atoms with Crippen LogP contribution in [0.5, 0.6) is 0 Å². The number of aromatic nitrogens is 2. The summed E-state index contributed by atoms with van der Waals surface area (Å²) in [4.78, 5) is 28.9. The Kier molecular flexibility index (Phi) is 6.12. The number of nitrogens with one attached hydrogen (secondary N) is 1. The van der Waals surface area contributed by atoms with Crippen molar-refractivity contribution < 1.29 is 4.79 Å². The first kappa shape index (κ1) is 18.2. The summed E-state index contributed by atoms with van der Waals surface area (Å²) in [6.45, 7) is 8.65. The van der Waals surface area contributed by atoms with Gasteiger partial charge in [-0.2, -0.15) is 0 Å². The Hall–Kier alpha value is -2.17. The normalized spacial score (nSPS) is 12.5. The van der Waals surface area contributed by atoms with Crippen molar-refractivity contribution in [3.05, 3.63) is 40.4 Å². The largest absolute Gasteiger partial charge is 0.354 e. The number of amides is 1. The first-order valence-corrected chi connectivity index (χ1v) is 8.62. The minimum absolute atomic E-state index is 0.0255. The Morgan fingerprint density at radius 1 is 1.25 bits per heavy atom. The lowest BCUT2D eigenvalue weighted by atomic mass is 10.0. The van der Waals surface area contributed by atoms with Gasteiger partial charge in [-0.25, -0.2) is 4.98 Å². The highest BCUT2D eigenvalue weighted by atomic mass is 16.2. The Balaban J connectivity index is 1.97. The minimum Gasteiger partial charge on any atom is -0.354 e. The Morgan fingerprint density at radius 2 is 2.00 bits per heavy atom. The smallest absolute Gasteiger partial charge is 0.261 e. The molecule has 24 heavy (non-hydrogen) atoms. The Morgan fingerprint density at radius 3 is 2.71 bits per heavy atom. The zero-order chi connectivity index (χ0) is 17.7. The van der Waals surface area contributed by atoms with Gasteiger partial charge in [-0.05, 0) is 44.2 Å². The predicted octanol–water partition coefficient (Wildman–Crippen LogP) is 3.04. The van der Waals surface area contributed by atoms with E-state index in [0.717, 1.165) is 23.9 Å². The average Bonchev–Trinajstić information content (AvgIpc) is 2.53. The molecule has 1 amide bonds. The van der Waals surface area contributed by atoms with E-state index >= 15 is 0 Å². The van der Waals surface area contributed by atoms with Crippen LogP contribution in [0.3, 0.4) is 0 Å². The first-order chi connectivity index (χ1) is 11.4. The zero-order valence-corrected chi connectivity index (χ0v) is 15.0. The van der Waals surface area contributed by atoms with Gasteiger partial charge in [-0.3, -0.25) is 14.2 Å². The number of nitrogens with zero attached hydrogens (tertiary/aromatic N) is 2. The SMILES string of the molecule is Cc1cccc2c(=O)n(CCC(=O)N[C@@H](C)CCC(C)C)cnc12. The van der Waals surface area contributed by atoms with Gasteiger partial charge in [0.15, 0.2) is 0 Å². The van der Waals surface area contributed by atoms with Crippen molar-refractivity contribution >= 4 is 16.8 Å². The van der Waals surface area contributed by atoms with Crippen molar-refractivity contribution in [1.82, 2.24) is 14.9 Å². The number of hydrogen-bond acceptors (Lipinski definition) is 3. The van der Waals surface area contributed by atoms with E-state index in [1.165, 1.54) is 10.9 Å². The van der Waals surface area contributed by atoms with Gasteiger partial charge in [0.05, 0.1) is 17.2 Å². The molecule has 0 aliphatic carbocycles. The third-order valence-electron chi connectivity index (χ3n) is 4.22. The molecule has 5 nitrogen and oxygen atoms in total. The molecule has 5 heteroatoms. The highest BCUT2D eigenvalue weighted by molar-refractivity contribution is 5.80. The average molecular weight is 329 g/mol. The number of carbonyl (C=O) groups is 1. The molecule has 1 atom stereocenters. The molecule has 2 aromatic rings. The molecule has 0 spiro atoms. The van der Waals surface area contributed by atoms with Gasteiger partial charge in [-0.15, -0.1) is 0 Å². The van der Waals surface area contributed by atoms with Gasteiger partial charge in [0.25, 0.3) is 5.56 Å². The van der Waals surface area contributed by atoms with Crippen LogP contribution in [0.2, 0.25) is 0 Å².